The highest BCUT2D eigenvalue weighted by Gasteiger charge is 2.41. The molecule has 0 saturated carbocycles. The fourth-order valence-corrected chi connectivity index (χ4v) is 2.19. The van der Waals surface area contributed by atoms with Gasteiger partial charge in [0.2, 0.25) is 11.7 Å². The van der Waals surface area contributed by atoms with Gasteiger partial charge in [-0.1, -0.05) is 27.5 Å². The number of benzene rings is 1. The van der Waals surface area contributed by atoms with Crippen LogP contribution in [0.2, 0.25) is 5.02 Å². The van der Waals surface area contributed by atoms with Crippen molar-refractivity contribution in [2.24, 2.45) is 0 Å². The first kappa shape index (κ1) is 14.9. The number of carbonyl (C=O) groups is 1. The van der Waals surface area contributed by atoms with E-state index in [1.54, 1.807) is 0 Å². The van der Waals surface area contributed by atoms with E-state index in [9.17, 15) is 18.0 Å². The van der Waals surface area contributed by atoms with Crippen molar-refractivity contribution in [2.45, 2.75) is 6.18 Å². The van der Waals surface area contributed by atoms with E-state index in [-0.39, 0.29) is 10.6 Å². The summed E-state index contributed by atoms with van der Waals surface area (Å²) in [6.45, 7) is 0. The fourth-order valence-electron chi connectivity index (χ4n) is 1.44. The van der Waals surface area contributed by atoms with E-state index in [1.807, 2.05) is 0 Å². The Morgan fingerprint density at radius 3 is 2.50 bits per heavy atom. The van der Waals surface area contributed by atoms with Crippen molar-refractivity contribution in [1.82, 2.24) is 4.98 Å². The van der Waals surface area contributed by atoms with Gasteiger partial charge in [-0.3, -0.25) is 0 Å². The zero-order valence-corrected chi connectivity index (χ0v) is 11.7. The van der Waals surface area contributed by atoms with Crippen molar-refractivity contribution in [3.05, 3.63) is 39.1 Å². The lowest BCUT2D eigenvalue weighted by Crippen LogP contribution is -2.11. The summed E-state index contributed by atoms with van der Waals surface area (Å²) in [6.07, 6.45) is -4.93. The van der Waals surface area contributed by atoms with Crippen molar-refractivity contribution >= 4 is 33.5 Å². The number of nitrogens with zero attached hydrogens (tertiary/aromatic N) is 1. The summed E-state index contributed by atoms with van der Waals surface area (Å²) in [6, 6.07) is 4.30. The molecule has 0 unspecified atom stereocenters. The van der Waals surface area contributed by atoms with Crippen LogP contribution in [0.4, 0.5) is 13.2 Å². The van der Waals surface area contributed by atoms with Gasteiger partial charge < -0.3 is 9.52 Å². The number of oxazole rings is 1. The molecule has 0 bridgehead atoms. The van der Waals surface area contributed by atoms with Gasteiger partial charge in [0, 0.05) is 4.47 Å². The standard InChI is InChI=1S/C11H4BrClF3NO3/c12-4-1-2-5(6(13)3-4)9-17-8(11(14,15)16)7(20-9)10(18)19/h1-3H,(H,18,19). The van der Waals surface area contributed by atoms with E-state index in [2.05, 4.69) is 25.3 Å². The predicted molar refractivity (Wildman–Crippen MR) is 66.6 cm³/mol. The van der Waals surface area contributed by atoms with Crippen LogP contribution in [0.15, 0.2) is 27.1 Å². The minimum Gasteiger partial charge on any atom is -0.475 e. The van der Waals surface area contributed by atoms with Gasteiger partial charge >= 0.3 is 12.1 Å². The Labute approximate surface area is 123 Å². The topological polar surface area (TPSA) is 63.3 Å². The Morgan fingerprint density at radius 2 is 2.05 bits per heavy atom. The van der Waals surface area contributed by atoms with Crippen LogP contribution >= 0.6 is 27.5 Å². The quantitative estimate of drug-likeness (QED) is 0.847. The molecule has 0 aliphatic carbocycles. The van der Waals surface area contributed by atoms with Gasteiger partial charge in [0.1, 0.15) is 0 Å². The molecule has 9 heteroatoms. The summed E-state index contributed by atoms with van der Waals surface area (Å²) in [5, 5.41) is 8.80. The number of halogens is 5. The van der Waals surface area contributed by atoms with E-state index in [0.717, 1.165) is 0 Å². The van der Waals surface area contributed by atoms with Crippen LogP contribution in [-0.2, 0) is 6.18 Å². The number of rotatable bonds is 2. The van der Waals surface area contributed by atoms with Crippen LogP contribution in [0.3, 0.4) is 0 Å². The Bertz CT molecular complexity index is 684. The Kier molecular flexibility index (Phi) is 3.79. The van der Waals surface area contributed by atoms with Crippen molar-refractivity contribution in [3.8, 4) is 11.5 Å². The molecule has 1 aromatic carbocycles. The molecule has 0 spiro atoms. The molecule has 0 fully saturated rings. The first-order chi connectivity index (χ1) is 9.20. The highest BCUT2D eigenvalue weighted by molar-refractivity contribution is 9.10. The lowest BCUT2D eigenvalue weighted by Gasteiger charge is -2.01. The molecule has 0 aliphatic heterocycles. The third-order valence-electron chi connectivity index (χ3n) is 2.25. The Morgan fingerprint density at radius 1 is 1.40 bits per heavy atom. The number of aromatic nitrogens is 1. The van der Waals surface area contributed by atoms with Crippen molar-refractivity contribution in [3.63, 3.8) is 0 Å². The van der Waals surface area contributed by atoms with Gasteiger partial charge in [0.05, 0.1) is 10.6 Å². The number of hydrogen-bond donors (Lipinski definition) is 1. The van der Waals surface area contributed by atoms with E-state index in [4.69, 9.17) is 16.7 Å². The monoisotopic (exact) mass is 369 g/mol. The second-order valence-corrected chi connectivity index (χ2v) is 4.95. The van der Waals surface area contributed by atoms with Crippen LogP contribution in [0, 0.1) is 0 Å². The molecule has 1 aromatic heterocycles. The van der Waals surface area contributed by atoms with Crippen LogP contribution in [0.5, 0.6) is 0 Å². The summed E-state index contributed by atoms with van der Waals surface area (Å²) >= 11 is 8.99. The van der Waals surface area contributed by atoms with Crippen LogP contribution in [-0.4, -0.2) is 16.1 Å². The maximum atomic E-state index is 12.7. The summed E-state index contributed by atoms with van der Waals surface area (Å²) in [4.78, 5) is 14.0. The molecule has 1 heterocycles. The molecule has 0 saturated heterocycles. The summed E-state index contributed by atoms with van der Waals surface area (Å²) in [5.41, 5.74) is -1.54. The van der Waals surface area contributed by atoms with Gasteiger partial charge in [-0.25, -0.2) is 9.78 Å². The van der Waals surface area contributed by atoms with Crippen molar-refractivity contribution < 1.29 is 27.5 Å². The maximum Gasteiger partial charge on any atom is 0.437 e. The third kappa shape index (κ3) is 2.80. The first-order valence-corrected chi connectivity index (χ1v) is 6.14. The molecule has 4 nitrogen and oxygen atoms in total. The molecule has 2 aromatic rings. The van der Waals surface area contributed by atoms with Crippen LogP contribution in [0.1, 0.15) is 16.2 Å². The van der Waals surface area contributed by atoms with Crippen molar-refractivity contribution in [2.75, 3.05) is 0 Å². The smallest absolute Gasteiger partial charge is 0.437 e. The fraction of sp³-hybridized carbons (Fsp3) is 0.0909. The maximum absolute atomic E-state index is 12.7. The average molecular weight is 371 g/mol. The van der Waals surface area contributed by atoms with E-state index in [1.165, 1.54) is 18.2 Å². The molecule has 2 rings (SSSR count). The molecule has 1 N–H and O–H groups in total. The molecule has 0 amide bonds. The number of aromatic carboxylic acids is 1. The van der Waals surface area contributed by atoms with Gasteiger partial charge in [0.15, 0.2) is 5.69 Å². The minimum atomic E-state index is -4.93. The van der Waals surface area contributed by atoms with Gasteiger partial charge in [-0.15, -0.1) is 0 Å². The summed E-state index contributed by atoms with van der Waals surface area (Å²) < 4.78 is 43.3. The number of alkyl halides is 3. The van der Waals surface area contributed by atoms with E-state index >= 15 is 0 Å². The SMILES string of the molecule is O=C(O)c1oc(-c2ccc(Br)cc2Cl)nc1C(F)(F)F. The lowest BCUT2D eigenvalue weighted by atomic mass is 10.2. The minimum absolute atomic E-state index is 0.0628. The number of carboxylic acids is 1. The Balaban J connectivity index is 2.62. The van der Waals surface area contributed by atoms with E-state index in [0.29, 0.717) is 4.47 Å². The number of carboxylic acid groups (broad SMARTS) is 1. The van der Waals surface area contributed by atoms with Crippen molar-refractivity contribution in [1.29, 1.82) is 0 Å². The molecule has 0 aliphatic rings. The molecule has 0 radical (unpaired) electrons. The summed E-state index contributed by atoms with van der Waals surface area (Å²) in [5.74, 6) is -3.64. The van der Waals surface area contributed by atoms with Crippen LogP contribution in [0.25, 0.3) is 11.5 Å². The van der Waals surface area contributed by atoms with Crippen LogP contribution < -0.4 is 0 Å². The second kappa shape index (κ2) is 5.10. The average Bonchev–Trinajstić information content (AvgIpc) is 2.73. The number of hydrogen-bond acceptors (Lipinski definition) is 3. The molecule has 106 valence electrons. The lowest BCUT2D eigenvalue weighted by molar-refractivity contribution is -0.141. The zero-order valence-electron chi connectivity index (χ0n) is 9.33. The Hall–Kier alpha value is -1.54. The normalized spacial score (nSPS) is 11.7. The van der Waals surface area contributed by atoms with Gasteiger partial charge in [-0.05, 0) is 18.2 Å². The molecule has 0 atom stereocenters. The zero-order chi connectivity index (χ0) is 15.1. The third-order valence-corrected chi connectivity index (χ3v) is 3.06. The second-order valence-electron chi connectivity index (χ2n) is 3.62. The highest BCUT2D eigenvalue weighted by Crippen LogP contribution is 2.36. The predicted octanol–water partition coefficient (Wildman–Crippen LogP) is 4.47. The summed E-state index contributed by atoms with van der Waals surface area (Å²) in [7, 11) is 0. The van der Waals surface area contributed by atoms with Gasteiger partial charge in [0.25, 0.3) is 0 Å². The largest absolute Gasteiger partial charge is 0.475 e. The van der Waals surface area contributed by atoms with Gasteiger partial charge in [-0.2, -0.15) is 13.2 Å². The first-order valence-electron chi connectivity index (χ1n) is 4.97. The molecule has 20 heavy (non-hydrogen) atoms. The molecular weight excluding hydrogens is 366 g/mol. The highest BCUT2D eigenvalue weighted by atomic mass is 79.9. The van der Waals surface area contributed by atoms with E-state index < -0.39 is 29.5 Å². The molecular formula is C11H4BrClF3NO3.